The Kier molecular flexibility index (Phi) is 3.71. The van der Waals surface area contributed by atoms with E-state index in [1.54, 1.807) is 31.3 Å². The molecule has 2 aromatic rings. The minimum absolute atomic E-state index is 0.0701. The van der Waals surface area contributed by atoms with Crippen LogP contribution in [0, 0.1) is 5.82 Å². The molecule has 2 rings (SSSR count). The molecule has 0 fully saturated rings. The van der Waals surface area contributed by atoms with E-state index in [4.69, 9.17) is 0 Å². The fraction of sp³-hybridized carbons (Fsp3) is 0.0769. The largest absolute Gasteiger partial charge is 0.387 e. The van der Waals surface area contributed by atoms with Crippen molar-refractivity contribution in [3.8, 4) is 0 Å². The van der Waals surface area contributed by atoms with E-state index in [1.165, 1.54) is 24.3 Å². The third-order valence-corrected chi connectivity index (χ3v) is 3.99. The number of para-hydroxylation sites is 2. The second-order valence-electron chi connectivity index (χ2n) is 3.83. The number of hydrogen-bond acceptors (Lipinski definition) is 3. The van der Waals surface area contributed by atoms with Crippen LogP contribution >= 0.6 is 0 Å². The van der Waals surface area contributed by atoms with Crippen molar-refractivity contribution in [1.29, 1.82) is 0 Å². The standard InChI is InChI=1S/C13H13FN2O2S/c1-15-12-8-4-5-9-13(12)19(17,18)16-11-7-3-2-6-10(11)14/h2-9,15-16H,1H3. The first-order valence-corrected chi connectivity index (χ1v) is 7.07. The predicted octanol–water partition coefficient (Wildman–Crippen LogP) is 2.67. The van der Waals surface area contributed by atoms with Crippen LogP contribution in [-0.2, 0) is 10.0 Å². The lowest BCUT2D eigenvalue weighted by Gasteiger charge is -2.12. The molecule has 0 heterocycles. The first kappa shape index (κ1) is 13.4. The summed E-state index contributed by atoms with van der Waals surface area (Å²) in [5, 5.41) is 2.79. The number of nitrogens with one attached hydrogen (secondary N) is 2. The zero-order valence-corrected chi connectivity index (χ0v) is 11.0. The molecule has 0 aliphatic heterocycles. The Morgan fingerprint density at radius 3 is 2.16 bits per heavy atom. The maximum Gasteiger partial charge on any atom is 0.264 e. The van der Waals surface area contributed by atoms with Crippen molar-refractivity contribution in [2.45, 2.75) is 4.90 Å². The summed E-state index contributed by atoms with van der Waals surface area (Å²) in [6.07, 6.45) is 0. The number of rotatable bonds is 4. The summed E-state index contributed by atoms with van der Waals surface area (Å²) in [4.78, 5) is 0.0701. The summed E-state index contributed by atoms with van der Waals surface area (Å²) >= 11 is 0. The minimum Gasteiger partial charge on any atom is -0.387 e. The van der Waals surface area contributed by atoms with E-state index in [9.17, 15) is 12.8 Å². The van der Waals surface area contributed by atoms with Crippen LogP contribution in [-0.4, -0.2) is 15.5 Å². The van der Waals surface area contributed by atoms with Gasteiger partial charge in [-0.05, 0) is 24.3 Å². The quantitative estimate of drug-likeness (QED) is 0.905. The van der Waals surface area contributed by atoms with Gasteiger partial charge in [0, 0.05) is 7.05 Å². The molecule has 0 saturated carbocycles. The lowest BCUT2D eigenvalue weighted by atomic mass is 10.3. The molecule has 4 nitrogen and oxygen atoms in total. The Hall–Kier alpha value is -2.08. The topological polar surface area (TPSA) is 58.2 Å². The van der Waals surface area contributed by atoms with E-state index in [0.29, 0.717) is 5.69 Å². The SMILES string of the molecule is CNc1ccccc1S(=O)(=O)Nc1ccccc1F. The molecule has 0 amide bonds. The summed E-state index contributed by atoms with van der Waals surface area (Å²) in [5.74, 6) is -0.618. The van der Waals surface area contributed by atoms with Gasteiger partial charge in [0.1, 0.15) is 10.7 Å². The van der Waals surface area contributed by atoms with Gasteiger partial charge in [-0.25, -0.2) is 12.8 Å². The first-order valence-electron chi connectivity index (χ1n) is 5.59. The van der Waals surface area contributed by atoms with Gasteiger partial charge in [-0.2, -0.15) is 0 Å². The first-order chi connectivity index (χ1) is 9.04. The number of sulfonamides is 1. The molecule has 0 saturated heterocycles. The van der Waals surface area contributed by atoms with Crippen molar-refractivity contribution in [2.24, 2.45) is 0 Å². The zero-order valence-electron chi connectivity index (χ0n) is 10.2. The van der Waals surface area contributed by atoms with Gasteiger partial charge in [-0.3, -0.25) is 4.72 Å². The van der Waals surface area contributed by atoms with Crippen LogP contribution in [0.4, 0.5) is 15.8 Å². The molecule has 2 N–H and O–H groups in total. The summed E-state index contributed by atoms with van der Waals surface area (Å²) in [6.45, 7) is 0. The van der Waals surface area contributed by atoms with Crippen LogP contribution in [0.5, 0.6) is 0 Å². The van der Waals surface area contributed by atoms with E-state index in [-0.39, 0.29) is 10.6 Å². The Balaban J connectivity index is 2.41. The molecule has 0 aromatic heterocycles. The van der Waals surface area contributed by atoms with Crippen molar-refractivity contribution < 1.29 is 12.8 Å². The molecule has 0 spiro atoms. The van der Waals surface area contributed by atoms with Crippen molar-refractivity contribution in [1.82, 2.24) is 0 Å². The van der Waals surface area contributed by atoms with E-state index < -0.39 is 15.8 Å². The number of halogens is 1. The van der Waals surface area contributed by atoms with Gasteiger partial charge in [0.25, 0.3) is 10.0 Å². The highest BCUT2D eigenvalue weighted by Crippen LogP contribution is 2.24. The zero-order chi connectivity index (χ0) is 13.9. The molecule has 0 unspecified atom stereocenters. The Bertz CT molecular complexity index is 687. The molecular formula is C13H13FN2O2S. The van der Waals surface area contributed by atoms with Gasteiger partial charge in [0.2, 0.25) is 0 Å². The molecule has 19 heavy (non-hydrogen) atoms. The van der Waals surface area contributed by atoms with E-state index in [2.05, 4.69) is 10.0 Å². The maximum absolute atomic E-state index is 13.5. The van der Waals surface area contributed by atoms with Crippen molar-refractivity contribution in [3.05, 3.63) is 54.3 Å². The molecule has 0 atom stereocenters. The predicted molar refractivity (Wildman–Crippen MR) is 73.2 cm³/mol. The van der Waals surface area contributed by atoms with E-state index >= 15 is 0 Å². The summed E-state index contributed by atoms with van der Waals surface area (Å²) in [5.41, 5.74) is 0.375. The molecule has 0 aliphatic rings. The van der Waals surface area contributed by atoms with Crippen LogP contribution in [0.15, 0.2) is 53.4 Å². The fourth-order valence-corrected chi connectivity index (χ4v) is 2.93. The van der Waals surface area contributed by atoms with Gasteiger partial charge in [0.05, 0.1) is 11.4 Å². The third-order valence-electron chi connectivity index (χ3n) is 2.56. The summed E-state index contributed by atoms with van der Waals surface area (Å²) in [7, 11) is -2.21. The van der Waals surface area contributed by atoms with Crippen LogP contribution in [0.2, 0.25) is 0 Å². The molecule has 0 aliphatic carbocycles. The van der Waals surface area contributed by atoms with Crippen LogP contribution in [0.3, 0.4) is 0 Å². The average molecular weight is 280 g/mol. The highest BCUT2D eigenvalue weighted by atomic mass is 32.2. The lowest BCUT2D eigenvalue weighted by molar-refractivity contribution is 0.599. The van der Waals surface area contributed by atoms with Gasteiger partial charge in [0.15, 0.2) is 0 Å². The smallest absolute Gasteiger partial charge is 0.264 e. The Morgan fingerprint density at radius 2 is 1.53 bits per heavy atom. The van der Waals surface area contributed by atoms with Crippen LogP contribution in [0.25, 0.3) is 0 Å². The molecule has 0 radical (unpaired) electrons. The third kappa shape index (κ3) is 2.85. The van der Waals surface area contributed by atoms with Gasteiger partial charge in [-0.1, -0.05) is 24.3 Å². The highest BCUT2D eigenvalue weighted by Gasteiger charge is 2.19. The number of benzene rings is 2. The van der Waals surface area contributed by atoms with Gasteiger partial charge >= 0.3 is 0 Å². The van der Waals surface area contributed by atoms with E-state index in [0.717, 1.165) is 0 Å². The maximum atomic E-state index is 13.5. The van der Waals surface area contributed by atoms with E-state index in [1.807, 2.05) is 0 Å². The summed E-state index contributed by atoms with van der Waals surface area (Å²) < 4.78 is 40.1. The monoisotopic (exact) mass is 280 g/mol. The van der Waals surface area contributed by atoms with Crippen LogP contribution in [0.1, 0.15) is 0 Å². The molecular weight excluding hydrogens is 267 g/mol. The lowest BCUT2D eigenvalue weighted by Crippen LogP contribution is -2.15. The Morgan fingerprint density at radius 1 is 0.947 bits per heavy atom. The molecule has 100 valence electrons. The van der Waals surface area contributed by atoms with Gasteiger partial charge < -0.3 is 5.32 Å². The fourth-order valence-electron chi connectivity index (χ4n) is 1.65. The molecule has 2 aromatic carbocycles. The second-order valence-corrected chi connectivity index (χ2v) is 5.48. The molecule has 0 bridgehead atoms. The van der Waals surface area contributed by atoms with Crippen molar-refractivity contribution in [3.63, 3.8) is 0 Å². The minimum atomic E-state index is -3.83. The Labute approximate surface area is 111 Å². The highest BCUT2D eigenvalue weighted by molar-refractivity contribution is 7.92. The number of anilines is 2. The average Bonchev–Trinajstić information content (AvgIpc) is 2.41. The van der Waals surface area contributed by atoms with Crippen LogP contribution < -0.4 is 10.0 Å². The summed E-state index contributed by atoms with van der Waals surface area (Å²) in [6, 6.07) is 12.0. The molecule has 6 heteroatoms. The van der Waals surface area contributed by atoms with Crippen molar-refractivity contribution in [2.75, 3.05) is 17.1 Å². The second kappa shape index (κ2) is 5.27. The normalized spacial score (nSPS) is 11.1. The van der Waals surface area contributed by atoms with Crippen molar-refractivity contribution >= 4 is 21.4 Å². The number of hydrogen-bond donors (Lipinski definition) is 2. The van der Waals surface area contributed by atoms with Gasteiger partial charge in [-0.15, -0.1) is 0 Å².